The number of benzene rings is 2. The van der Waals surface area contributed by atoms with Gasteiger partial charge in [-0.3, -0.25) is 14.5 Å². The van der Waals surface area contributed by atoms with E-state index >= 15 is 0 Å². The lowest BCUT2D eigenvalue weighted by Crippen LogP contribution is -2.58. The van der Waals surface area contributed by atoms with Crippen LogP contribution in [0.1, 0.15) is 24.8 Å². The quantitative estimate of drug-likeness (QED) is 0.659. The van der Waals surface area contributed by atoms with Crippen LogP contribution in [0.2, 0.25) is 0 Å². The lowest BCUT2D eigenvalue weighted by Gasteiger charge is -2.47. The molecule has 9 heteroatoms. The van der Waals surface area contributed by atoms with Crippen LogP contribution in [0.3, 0.4) is 0 Å². The van der Waals surface area contributed by atoms with E-state index in [-0.39, 0.29) is 29.2 Å². The Bertz CT molecular complexity index is 1090. The molecule has 2 aromatic carbocycles. The molecule has 0 atom stereocenters. The summed E-state index contributed by atoms with van der Waals surface area (Å²) in [6, 6.07) is 10.4. The molecule has 0 unspecified atom stereocenters. The van der Waals surface area contributed by atoms with E-state index in [2.05, 4.69) is 0 Å². The summed E-state index contributed by atoms with van der Waals surface area (Å²) in [6.07, 6.45) is -2.81. The van der Waals surface area contributed by atoms with E-state index in [0.29, 0.717) is 31.6 Å². The fraction of sp³-hybridized carbons (Fsp3) is 0.391. The number of halogens is 3. The van der Waals surface area contributed by atoms with Crippen molar-refractivity contribution in [3.63, 3.8) is 0 Å². The topological polar surface area (TPSA) is 59.1 Å². The summed E-state index contributed by atoms with van der Waals surface area (Å²) in [5.41, 5.74) is -0.292. The lowest BCUT2D eigenvalue weighted by atomic mass is 9.77. The van der Waals surface area contributed by atoms with E-state index in [1.54, 1.807) is 12.1 Å². The van der Waals surface area contributed by atoms with Crippen LogP contribution >= 0.6 is 0 Å². The summed E-state index contributed by atoms with van der Waals surface area (Å²) < 4.78 is 50.4. The zero-order valence-corrected chi connectivity index (χ0v) is 17.3. The summed E-state index contributed by atoms with van der Waals surface area (Å²) in [7, 11) is 1.35. The van der Waals surface area contributed by atoms with Gasteiger partial charge in [-0.25, -0.2) is 0 Å². The number of fused-ring (bicyclic) bond motifs is 1. The highest BCUT2D eigenvalue weighted by molar-refractivity contribution is 6.09. The molecular weight excluding hydrogens is 425 g/mol. The van der Waals surface area contributed by atoms with Crippen molar-refractivity contribution < 1.29 is 32.2 Å². The molecule has 2 aliphatic heterocycles. The Morgan fingerprint density at radius 1 is 1.12 bits per heavy atom. The average molecular weight is 446 g/mol. The first kappa shape index (κ1) is 20.7. The normalized spacial score (nSPS) is 19.7. The molecule has 1 saturated heterocycles. The van der Waals surface area contributed by atoms with Crippen LogP contribution in [0, 0.1) is 5.92 Å². The van der Waals surface area contributed by atoms with Gasteiger partial charge in [-0.2, -0.15) is 13.2 Å². The van der Waals surface area contributed by atoms with Crippen LogP contribution in [-0.2, 0) is 20.5 Å². The van der Waals surface area contributed by atoms with E-state index in [1.807, 2.05) is 17.0 Å². The second-order valence-corrected chi connectivity index (χ2v) is 8.42. The minimum atomic E-state index is -4.51. The maximum Gasteiger partial charge on any atom is 0.416 e. The number of nitrogens with zero attached hydrogens (tertiary/aromatic N) is 2. The van der Waals surface area contributed by atoms with Gasteiger partial charge in [-0.05, 0) is 55.7 Å². The second-order valence-electron chi connectivity index (χ2n) is 8.42. The molecule has 1 saturated carbocycles. The maximum atomic E-state index is 13.4. The molecule has 0 radical (unpaired) electrons. The van der Waals surface area contributed by atoms with Crippen LogP contribution in [0.15, 0.2) is 42.5 Å². The Hall–Kier alpha value is -3.23. The molecule has 0 N–H and O–H groups in total. The summed E-state index contributed by atoms with van der Waals surface area (Å²) in [5.74, 6) is -0.682. The molecule has 2 fully saturated rings. The molecule has 3 aliphatic rings. The molecule has 2 heterocycles. The highest BCUT2D eigenvalue weighted by Crippen LogP contribution is 2.50. The fourth-order valence-electron chi connectivity index (χ4n) is 4.43. The third-order valence-electron chi connectivity index (χ3n) is 6.46. The number of carbonyl (C=O) groups is 2. The van der Waals surface area contributed by atoms with Gasteiger partial charge in [0.15, 0.2) is 5.60 Å². The predicted molar refractivity (Wildman–Crippen MR) is 110 cm³/mol. The van der Waals surface area contributed by atoms with E-state index in [4.69, 9.17) is 9.47 Å². The SMILES string of the molecule is COC(=O)C1CN(c2cccc(N3C(=O)C4(CCC4)Oc4cc(C(F)(F)F)ccc43)c2)C1. The first-order valence-corrected chi connectivity index (χ1v) is 10.4. The van der Waals surface area contributed by atoms with Gasteiger partial charge in [0.05, 0.1) is 30.0 Å². The van der Waals surface area contributed by atoms with Gasteiger partial charge < -0.3 is 14.4 Å². The van der Waals surface area contributed by atoms with E-state index in [9.17, 15) is 22.8 Å². The van der Waals surface area contributed by atoms with Gasteiger partial charge >= 0.3 is 12.1 Å². The molecule has 0 aromatic heterocycles. The Morgan fingerprint density at radius 2 is 1.84 bits per heavy atom. The van der Waals surface area contributed by atoms with E-state index < -0.39 is 17.3 Å². The molecule has 1 amide bonds. The Morgan fingerprint density at radius 3 is 2.47 bits per heavy atom. The number of methoxy groups -OCH3 is 1. The van der Waals surface area contributed by atoms with Crippen molar-refractivity contribution in [2.24, 2.45) is 5.92 Å². The number of carbonyl (C=O) groups excluding carboxylic acids is 2. The molecule has 1 aliphatic carbocycles. The largest absolute Gasteiger partial charge is 0.475 e. The van der Waals surface area contributed by atoms with E-state index in [0.717, 1.165) is 24.2 Å². The van der Waals surface area contributed by atoms with Gasteiger partial charge in [-0.1, -0.05) is 6.07 Å². The maximum absolute atomic E-state index is 13.4. The van der Waals surface area contributed by atoms with Crippen molar-refractivity contribution in [3.05, 3.63) is 48.0 Å². The van der Waals surface area contributed by atoms with Gasteiger partial charge in [0.2, 0.25) is 0 Å². The minimum absolute atomic E-state index is 0.0548. The number of hydrogen-bond donors (Lipinski definition) is 0. The predicted octanol–water partition coefficient (Wildman–Crippen LogP) is 4.29. The van der Waals surface area contributed by atoms with Crippen LogP contribution in [0.4, 0.5) is 30.2 Å². The van der Waals surface area contributed by atoms with Crippen molar-refractivity contribution in [3.8, 4) is 5.75 Å². The van der Waals surface area contributed by atoms with Crippen LogP contribution in [0.25, 0.3) is 0 Å². The van der Waals surface area contributed by atoms with Gasteiger partial charge in [0, 0.05) is 18.8 Å². The monoisotopic (exact) mass is 446 g/mol. The third kappa shape index (κ3) is 3.18. The molecule has 168 valence electrons. The molecular formula is C23H21F3N2O4. The summed E-state index contributed by atoms with van der Waals surface area (Å²) in [5, 5.41) is 0. The zero-order valence-electron chi connectivity index (χ0n) is 17.3. The average Bonchev–Trinajstić information content (AvgIpc) is 2.70. The van der Waals surface area contributed by atoms with Gasteiger partial charge in [0.25, 0.3) is 5.91 Å². The number of rotatable bonds is 3. The summed E-state index contributed by atoms with van der Waals surface area (Å²) >= 11 is 0. The number of ether oxygens (including phenoxy) is 2. The number of amides is 1. The van der Waals surface area contributed by atoms with Crippen molar-refractivity contribution in [2.45, 2.75) is 31.0 Å². The smallest absolute Gasteiger partial charge is 0.416 e. The number of hydrogen-bond acceptors (Lipinski definition) is 5. The van der Waals surface area contributed by atoms with Crippen molar-refractivity contribution in [1.29, 1.82) is 0 Å². The van der Waals surface area contributed by atoms with Crippen molar-refractivity contribution in [2.75, 3.05) is 30.0 Å². The first-order valence-electron chi connectivity index (χ1n) is 10.4. The standard InChI is InChI=1S/C23H21F3N2O4/c1-31-20(29)14-12-27(13-14)16-4-2-5-17(11-16)28-18-7-6-15(23(24,25)26)10-19(18)32-22(21(28)30)8-3-9-22/h2,4-7,10-11,14H,3,8-9,12-13H2,1H3. The molecule has 2 aromatic rings. The van der Waals surface area contributed by atoms with Gasteiger partial charge in [-0.15, -0.1) is 0 Å². The van der Waals surface area contributed by atoms with E-state index in [1.165, 1.54) is 18.1 Å². The van der Waals surface area contributed by atoms with Crippen molar-refractivity contribution in [1.82, 2.24) is 0 Å². The number of esters is 1. The Kier molecular flexibility index (Phi) is 4.61. The number of anilines is 3. The zero-order chi connectivity index (χ0) is 22.7. The van der Waals surface area contributed by atoms with Crippen LogP contribution in [-0.4, -0.2) is 37.7 Å². The Balaban J connectivity index is 1.51. The highest BCUT2D eigenvalue weighted by Gasteiger charge is 2.53. The summed E-state index contributed by atoms with van der Waals surface area (Å²) in [4.78, 5) is 28.5. The molecule has 32 heavy (non-hydrogen) atoms. The first-order chi connectivity index (χ1) is 15.2. The lowest BCUT2D eigenvalue weighted by molar-refractivity contribution is -0.146. The molecule has 5 rings (SSSR count). The third-order valence-corrected chi connectivity index (χ3v) is 6.46. The van der Waals surface area contributed by atoms with Crippen molar-refractivity contribution >= 4 is 28.9 Å². The molecule has 6 nitrogen and oxygen atoms in total. The highest BCUT2D eigenvalue weighted by atomic mass is 19.4. The minimum Gasteiger partial charge on any atom is -0.475 e. The second kappa shape index (κ2) is 7.15. The fourth-order valence-corrected chi connectivity index (χ4v) is 4.43. The number of alkyl halides is 3. The van der Waals surface area contributed by atoms with Crippen LogP contribution < -0.4 is 14.5 Å². The van der Waals surface area contributed by atoms with Gasteiger partial charge in [0.1, 0.15) is 5.75 Å². The Labute approximate surface area is 182 Å². The molecule has 0 bridgehead atoms. The summed E-state index contributed by atoms with van der Waals surface area (Å²) in [6.45, 7) is 1.01. The molecule has 1 spiro atoms. The van der Waals surface area contributed by atoms with Crippen LogP contribution in [0.5, 0.6) is 5.75 Å².